The van der Waals surface area contributed by atoms with E-state index in [0.29, 0.717) is 25.8 Å². The minimum atomic E-state index is -4.27. The molecule has 0 aromatic heterocycles. The van der Waals surface area contributed by atoms with Crippen LogP contribution >= 0.6 is 14.5 Å². The number of aliphatic hydroxyl groups excluding tert-OH is 1. The Kier molecular flexibility index (Phi) is 19.8. The minimum absolute atomic E-state index is 0.0518. The van der Waals surface area contributed by atoms with E-state index in [1.54, 1.807) is 0 Å². The van der Waals surface area contributed by atoms with Crippen molar-refractivity contribution in [2.45, 2.75) is 19.3 Å². The third-order valence-electron chi connectivity index (χ3n) is 3.79. The van der Waals surface area contributed by atoms with Crippen LogP contribution in [0.4, 0.5) is 4.79 Å². The summed E-state index contributed by atoms with van der Waals surface area (Å²) in [5, 5.41) is 11.8. The number of aliphatic hydroxyl groups is 1. The van der Waals surface area contributed by atoms with Crippen molar-refractivity contribution in [2.75, 3.05) is 73.6 Å². The normalized spacial score (nSPS) is 16.1. The summed E-state index contributed by atoms with van der Waals surface area (Å²) < 4.78 is 47.1. The number of nitrogens with one attached hydrogen (secondary N) is 1. The van der Waals surface area contributed by atoms with Crippen molar-refractivity contribution in [3.63, 3.8) is 0 Å². The maximum absolute atomic E-state index is 11.9. The van der Waals surface area contributed by atoms with Gasteiger partial charge in [0.15, 0.2) is 0 Å². The number of hydrogen-bond donors (Lipinski definition) is 4. The van der Waals surface area contributed by atoms with Gasteiger partial charge in [-0.3, -0.25) is 9.05 Å². The summed E-state index contributed by atoms with van der Waals surface area (Å²) in [5.41, 5.74) is 4.96. The van der Waals surface area contributed by atoms with E-state index in [2.05, 4.69) is 10.2 Å². The van der Waals surface area contributed by atoms with Gasteiger partial charge in [0, 0.05) is 26.2 Å². The van der Waals surface area contributed by atoms with Gasteiger partial charge < -0.3 is 39.6 Å². The summed E-state index contributed by atoms with van der Waals surface area (Å²) in [6.45, 7) is -2.12. The Labute approximate surface area is 199 Å². The van der Waals surface area contributed by atoms with Crippen LogP contribution in [0.2, 0.25) is 0 Å². The smallest absolute Gasteiger partial charge is 0.396 e. The van der Waals surface area contributed by atoms with Gasteiger partial charge in [0.1, 0.15) is 0 Å². The van der Waals surface area contributed by atoms with Crippen molar-refractivity contribution < 1.29 is 56.5 Å². The fourth-order valence-corrected chi connectivity index (χ4v) is 4.05. The first-order valence-electron chi connectivity index (χ1n) is 10.1. The zero-order valence-corrected chi connectivity index (χ0v) is 21.5. The number of rotatable bonds is 23. The summed E-state index contributed by atoms with van der Waals surface area (Å²) in [6.07, 6.45) is 1.88. The third kappa shape index (κ3) is 19.7. The van der Waals surface area contributed by atoms with Gasteiger partial charge in [-0.25, -0.2) is 14.2 Å². The first-order valence-corrected chi connectivity index (χ1v) is 14.2. The van der Waals surface area contributed by atoms with Crippen molar-refractivity contribution in [1.29, 1.82) is 0 Å². The molecule has 17 heteroatoms. The molecule has 5 N–H and O–H groups in total. The number of unbranched alkanes of at least 4 members (excludes halogenated alkanes) is 1. The van der Waals surface area contributed by atoms with E-state index in [1.807, 2.05) is 0 Å². The topological polar surface area (TPSA) is 186 Å². The van der Waals surface area contributed by atoms with Gasteiger partial charge in [0.2, 0.25) is 0 Å². The zero-order chi connectivity index (χ0) is 25.0. The molecule has 14 nitrogen and oxygen atoms in total. The predicted octanol–water partition coefficient (Wildman–Crippen LogP) is 1.07. The van der Waals surface area contributed by atoms with E-state index in [9.17, 15) is 19.4 Å². The summed E-state index contributed by atoms with van der Waals surface area (Å²) in [7, 11) is -1.61. The fourth-order valence-electron chi connectivity index (χ4n) is 2.17. The quantitative estimate of drug-likeness (QED) is 0.0622. The third-order valence-corrected chi connectivity index (χ3v) is 7.00. The number of urea groups is 1. The number of carbonyl (C=O) groups is 1. The van der Waals surface area contributed by atoms with Crippen LogP contribution in [0.3, 0.4) is 0 Å². The molecule has 0 aliphatic rings. The second-order valence-corrected chi connectivity index (χ2v) is 10.8. The molecule has 0 aromatic rings. The molecule has 0 fully saturated rings. The maximum atomic E-state index is 11.9. The van der Waals surface area contributed by atoms with Crippen LogP contribution in [0.25, 0.3) is 0 Å². The molecular weight excluding hydrogens is 506 g/mol. The number of carbonyl (C=O) groups excluding carboxylic acids is 1. The van der Waals surface area contributed by atoms with Gasteiger partial charge in [-0.2, -0.15) is 0 Å². The van der Waals surface area contributed by atoms with Gasteiger partial charge in [-0.1, -0.05) is 6.42 Å². The van der Waals surface area contributed by atoms with E-state index in [0.717, 1.165) is 0 Å². The van der Waals surface area contributed by atoms with Crippen molar-refractivity contribution in [1.82, 2.24) is 5.32 Å². The Hall–Kier alpha value is -0.250. The Morgan fingerprint density at radius 3 is 2.18 bits per heavy atom. The lowest BCUT2D eigenvalue weighted by Gasteiger charge is -2.17. The molecule has 0 bridgehead atoms. The average Bonchev–Trinajstić information content (AvgIpc) is 2.76. The van der Waals surface area contributed by atoms with E-state index < -0.39 is 20.6 Å². The molecule has 0 saturated carbocycles. The van der Waals surface area contributed by atoms with Crippen LogP contribution in [-0.4, -0.2) is 89.7 Å². The zero-order valence-electron chi connectivity index (χ0n) is 18.9. The molecule has 0 spiro atoms. The highest BCUT2D eigenvalue weighted by atomic mass is 32.5. The molecule has 2 amide bonds. The van der Waals surface area contributed by atoms with Crippen molar-refractivity contribution in [2.24, 2.45) is 11.7 Å². The summed E-state index contributed by atoms with van der Waals surface area (Å²) in [6, 6.07) is -0.599. The average molecular weight is 542 g/mol. The Balaban J connectivity index is 3.75. The molecule has 3 unspecified atom stereocenters. The molecule has 0 aliphatic carbocycles. The number of nitrogens with two attached hydrogens (primary N) is 1. The summed E-state index contributed by atoms with van der Waals surface area (Å²) in [4.78, 5) is 24.7. The molecule has 33 heavy (non-hydrogen) atoms. The second-order valence-electron chi connectivity index (χ2n) is 6.36. The highest BCUT2D eigenvalue weighted by Crippen LogP contribution is 2.48. The molecule has 3 atom stereocenters. The van der Waals surface area contributed by atoms with Crippen molar-refractivity contribution in [3.05, 3.63) is 0 Å². The highest BCUT2D eigenvalue weighted by Gasteiger charge is 2.23. The monoisotopic (exact) mass is 542 g/mol. The van der Waals surface area contributed by atoms with Gasteiger partial charge in [0.05, 0.1) is 53.4 Å². The second kappa shape index (κ2) is 20.0. The Morgan fingerprint density at radius 1 is 1.03 bits per heavy atom. The van der Waals surface area contributed by atoms with Gasteiger partial charge >= 0.3 is 20.6 Å². The number of phosphoric ester groups is 1. The van der Waals surface area contributed by atoms with E-state index >= 15 is 0 Å². The van der Waals surface area contributed by atoms with E-state index in [1.165, 1.54) is 14.2 Å². The van der Waals surface area contributed by atoms with Crippen molar-refractivity contribution in [3.8, 4) is 0 Å². The number of hydrogen-bond acceptors (Lipinski definition) is 12. The minimum Gasteiger partial charge on any atom is -0.396 e. The highest BCUT2D eigenvalue weighted by molar-refractivity contribution is 8.07. The van der Waals surface area contributed by atoms with Crippen LogP contribution in [0.1, 0.15) is 19.3 Å². The van der Waals surface area contributed by atoms with Crippen LogP contribution in [0.5, 0.6) is 0 Å². The number of ether oxygens (including phenoxy) is 2. The van der Waals surface area contributed by atoms with Crippen LogP contribution in [0.15, 0.2) is 0 Å². The van der Waals surface area contributed by atoms with E-state index in [4.69, 9.17) is 49.8 Å². The Bertz CT molecular complexity index is 604. The molecule has 0 radical (unpaired) electrons. The number of phosphoric acid groups is 1. The SMILES string of the molecule is COOP(=S)(OC)OCCOCCOCCOP(=O)(O)OCC(CO)CCCCNC(N)=O. The van der Waals surface area contributed by atoms with Crippen LogP contribution in [0, 0.1) is 5.92 Å². The van der Waals surface area contributed by atoms with Crippen LogP contribution < -0.4 is 11.1 Å². The number of amides is 2. The van der Waals surface area contributed by atoms with Crippen molar-refractivity contribution >= 4 is 32.4 Å². The standard InChI is InChI=1S/C16H36N2O12P2S/c1-23-30-32(33,24-2)28-12-10-26-8-7-25-9-11-27-31(21,22)29-14-15(13-19)5-3-4-6-18-16(17)20/h15,19H,3-14H2,1-2H3,(H,21,22)(H3,17,18,20). The Morgan fingerprint density at radius 2 is 1.64 bits per heavy atom. The first-order chi connectivity index (χ1) is 15.7. The number of primary amides is 1. The molecule has 0 aliphatic heterocycles. The molecule has 0 heterocycles. The fraction of sp³-hybridized carbons (Fsp3) is 0.938. The lowest BCUT2D eigenvalue weighted by atomic mass is 10.0. The van der Waals surface area contributed by atoms with Gasteiger partial charge in [-0.05, 0) is 24.6 Å². The molecule has 0 rings (SSSR count). The van der Waals surface area contributed by atoms with Gasteiger partial charge in [0.25, 0.3) is 0 Å². The lowest BCUT2D eigenvalue weighted by Crippen LogP contribution is -2.30. The molecule has 0 aromatic carbocycles. The summed E-state index contributed by atoms with van der Waals surface area (Å²) >= 11 is 5.00. The van der Waals surface area contributed by atoms with Crippen LogP contribution in [-0.2, 0) is 53.5 Å². The lowest BCUT2D eigenvalue weighted by molar-refractivity contribution is -0.190. The first kappa shape index (κ1) is 32.8. The molecule has 0 saturated heterocycles. The predicted molar refractivity (Wildman–Crippen MR) is 121 cm³/mol. The molecule has 198 valence electrons. The summed E-state index contributed by atoms with van der Waals surface area (Å²) in [5.74, 6) is -0.335. The van der Waals surface area contributed by atoms with E-state index in [-0.39, 0.29) is 58.8 Å². The maximum Gasteiger partial charge on any atom is 0.472 e. The largest absolute Gasteiger partial charge is 0.472 e. The molecular formula is C16H36N2O12P2S. The van der Waals surface area contributed by atoms with Gasteiger partial charge in [-0.15, -0.1) is 4.67 Å².